The van der Waals surface area contributed by atoms with Crippen LogP contribution in [0.3, 0.4) is 0 Å². The largest absolute Gasteiger partial charge is 0.480 e. The summed E-state index contributed by atoms with van der Waals surface area (Å²) >= 11 is 0. The molecule has 0 fully saturated rings. The Labute approximate surface area is 157 Å². The molecule has 0 saturated heterocycles. The maximum Gasteiger partial charge on any atom is 0.326 e. The number of amides is 1. The Morgan fingerprint density at radius 1 is 1.08 bits per heavy atom. The van der Waals surface area contributed by atoms with E-state index >= 15 is 0 Å². The van der Waals surface area contributed by atoms with Crippen molar-refractivity contribution in [1.29, 1.82) is 0 Å². The molecule has 1 amide bonds. The molecule has 26 heavy (non-hydrogen) atoms. The van der Waals surface area contributed by atoms with Gasteiger partial charge in [0.15, 0.2) is 0 Å². The molecule has 0 saturated carbocycles. The summed E-state index contributed by atoms with van der Waals surface area (Å²) in [4.78, 5) is 23.6. The van der Waals surface area contributed by atoms with Gasteiger partial charge in [-0.1, -0.05) is 45.0 Å². The standard InChI is InChI=1S/C21H33NO4/c1-14(2)16-7-9-17(10-8-16)15(3)13-19(23)22-18(20(24)25)11-12-26-21(4,5)6/h7-10,14-15,18H,11-13H2,1-6H3,(H,22,23)(H,24,25). The van der Waals surface area contributed by atoms with E-state index in [1.165, 1.54) is 5.56 Å². The van der Waals surface area contributed by atoms with E-state index in [0.29, 0.717) is 5.92 Å². The minimum Gasteiger partial charge on any atom is -0.480 e. The van der Waals surface area contributed by atoms with Crippen molar-refractivity contribution >= 4 is 11.9 Å². The molecule has 1 aromatic carbocycles. The Morgan fingerprint density at radius 2 is 1.62 bits per heavy atom. The first kappa shape index (κ1) is 22.2. The van der Waals surface area contributed by atoms with Crippen molar-refractivity contribution in [2.24, 2.45) is 0 Å². The highest BCUT2D eigenvalue weighted by Gasteiger charge is 2.22. The number of ether oxygens (including phenoxy) is 1. The van der Waals surface area contributed by atoms with Crippen LogP contribution in [0.5, 0.6) is 0 Å². The second-order valence-electron chi connectivity index (χ2n) is 8.13. The third-order valence-corrected chi connectivity index (χ3v) is 4.24. The van der Waals surface area contributed by atoms with Crippen LogP contribution in [-0.4, -0.2) is 35.2 Å². The number of nitrogens with one attached hydrogen (secondary N) is 1. The van der Waals surface area contributed by atoms with E-state index in [1.54, 1.807) is 0 Å². The van der Waals surface area contributed by atoms with Gasteiger partial charge in [-0.25, -0.2) is 4.79 Å². The van der Waals surface area contributed by atoms with E-state index in [4.69, 9.17) is 4.74 Å². The zero-order chi connectivity index (χ0) is 19.9. The fourth-order valence-electron chi connectivity index (χ4n) is 2.60. The van der Waals surface area contributed by atoms with E-state index in [9.17, 15) is 14.7 Å². The molecule has 0 spiro atoms. The number of benzene rings is 1. The molecule has 0 aliphatic rings. The lowest BCUT2D eigenvalue weighted by Gasteiger charge is -2.22. The van der Waals surface area contributed by atoms with Crippen LogP contribution < -0.4 is 5.32 Å². The van der Waals surface area contributed by atoms with Crippen LogP contribution in [0.4, 0.5) is 0 Å². The predicted octanol–water partition coefficient (Wildman–Crippen LogP) is 4.08. The minimum absolute atomic E-state index is 0.0245. The second kappa shape index (κ2) is 9.72. The topological polar surface area (TPSA) is 75.6 Å². The normalized spacial score (nSPS) is 14.1. The van der Waals surface area contributed by atoms with Gasteiger partial charge in [-0.2, -0.15) is 0 Å². The third kappa shape index (κ3) is 8.00. The summed E-state index contributed by atoms with van der Waals surface area (Å²) < 4.78 is 5.56. The van der Waals surface area contributed by atoms with E-state index in [0.717, 1.165) is 5.56 Å². The Bertz CT molecular complexity index is 587. The average Bonchev–Trinajstić information content (AvgIpc) is 2.52. The summed E-state index contributed by atoms with van der Waals surface area (Å²) in [6.45, 7) is 12.3. The molecule has 1 rings (SSSR count). The Balaban J connectivity index is 2.57. The highest BCUT2D eigenvalue weighted by Crippen LogP contribution is 2.22. The van der Waals surface area contributed by atoms with Crippen LogP contribution in [0.15, 0.2) is 24.3 Å². The Kier molecular flexibility index (Phi) is 8.28. The number of aliphatic carboxylic acids is 1. The number of carboxylic acids is 1. The lowest BCUT2D eigenvalue weighted by molar-refractivity contribution is -0.142. The van der Waals surface area contributed by atoms with Gasteiger partial charge in [0.25, 0.3) is 0 Å². The highest BCUT2D eigenvalue weighted by molar-refractivity contribution is 5.83. The van der Waals surface area contributed by atoms with Crippen molar-refractivity contribution < 1.29 is 19.4 Å². The highest BCUT2D eigenvalue weighted by atomic mass is 16.5. The van der Waals surface area contributed by atoms with Gasteiger partial charge in [0.1, 0.15) is 6.04 Å². The fourth-order valence-corrected chi connectivity index (χ4v) is 2.60. The maximum atomic E-state index is 12.3. The van der Waals surface area contributed by atoms with Crippen LogP contribution >= 0.6 is 0 Å². The molecule has 0 aliphatic carbocycles. The summed E-state index contributed by atoms with van der Waals surface area (Å²) in [5.41, 5.74) is 2.01. The maximum absolute atomic E-state index is 12.3. The monoisotopic (exact) mass is 363 g/mol. The lowest BCUT2D eigenvalue weighted by atomic mass is 9.94. The minimum atomic E-state index is -1.04. The van der Waals surface area contributed by atoms with Gasteiger partial charge in [0.05, 0.1) is 5.60 Å². The van der Waals surface area contributed by atoms with Crippen LogP contribution in [0.1, 0.15) is 77.3 Å². The molecule has 5 nitrogen and oxygen atoms in total. The van der Waals surface area contributed by atoms with Gasteiger partial charge < -0.3 is 15.2 Å². The quantitative estimate of drug-likeness (QED) is 0.693. The summed E-state index contributed by atoms with van der Waals surface area (Å²) in [5.74, 6) is -0.802. The molecule has 0 aliphatic heterocycles. The molecule has 146 valence electrons. The summed E-state index contributed by atoms with van der Waals surface area (Å²) in [6, 6.07) is 7.31. The summed E-state index contributed by atoms with van der Waals surface area (Å²) in [5, 5.41) is 11.9. The molecule has 0 heterocycles. The van der Waals surface area contributed by atoms with Gasteiger partial charge in [0, 0.05) is 19.4 Å². The molecule has 2 unspecified atom stereocenters. The number of carbonyl (C=O) groups excluding carboxylic acids is 1. The first-order chi connectivity index (χ1) is 12.0. The van der Waals surface area contributed by atoms with Gasteiger partial charge >= 0.3 is 5.97 Å². The lowest BCUT2D eigenvalue weighted by Crippen LogP contribution is -2.42. The molecular formula is C21H33NO4. The smallest absolute Gasteiger partial charge is 0.326 e. The number of hydrogen-bond acceptors (Lipinski definition) is 3. The molecule has 0 bridgehead atoms. The molecule has 0 radical (unpaired) electrons. The molecular weight excluding hydrogens is 330 g/mol. The Hall–Kier alpha value is -1.88. The van der Waals surface area contributed by atoms with Crippen molar-refractivity contribution in [2.75, 3.05) is 6.61 Å². The SMILES string of the molecule is CC(C)c1ccc(C(C)CC(=O)NC(CCOC(C)(C)C)C(=O)O)cc1. The van der Waals surface area contributed by atoms with E-state index in [2.05, 4.69) is 31.3 Å². The van der Waals surface area contributed by atoms with E-state index in [-0.39, 0.29) is 36.9 Å². The molecule has 2 atom stereocenters. The number of rotatable bonds is 9. The summed E-state index contributed by atoms with van der Waals surface area (Å²) in [6.07, 6.45) is 0.501. The zero-order valence-electron chi connectivity index (χ0n) is 16.8. The van der Waals surface area contributed by atoms with Gasteiger partial charge in [0.2, 0.25) is 5.91 Å². The van der Waals surface area contributed by atoms with Crippen LogP contribution in [0.2, 0.25) is 0 Å². The van der Waals surface area contributed by atoms with Crippen LogP contribution in [0, 0.1) is 0 Å². The van der Waals surface area contributed by atoms with E-state index < -0.39 is 12.0 Å². The first-order valence-electron chi connectivity index (χ1n) is 9.25. The van der Waals surface area contributed by atoms with Gasteiger partial charge in [-0.05, 0) is 43.7 Å². The molecule has 2 N–H and O–H groups in total. The number of carboxylic acid groups (broad SMARTS) is 1. The number of hydrogen-bond donors (Lipinski definition) is 2. The molecule has 0 aromatic heterocycles. The summed E-state index contributed by atoms with van der Waals surface area (Å²) in [7, 11) is 0. The van der Waals surface area contributed by atoms with Crippen molar-refractivity contribution in [2.45, 2.75) is 77.9 Å². The van der Waals surface area contributed by atoms with Crippen LogP contribution in [-0.2, 0) is 14.3 Å². The van der Waals surface area contributed by atoms with Crippen molar-refractivity contribution in [1.82, 2.24) is 5.32 Å². The van der Waals surface area contributed by atoms with Crippen molar-refractivity contribution in [3.05, 3.63) is 35.4 Å². The van der Waals surface area contributed by atoms with Gasteiger partial charge in [-0.15, -0.1) is 0 Å². The third-order valence-electron chi connectivity index (χ3n) is 4.24. The average molecular weight is 363 g/mol. The predicted molar refractivity (Wildman–Crippen MR) is 103 cm³/mol. The molecule has 1 aromatic rings. The van der Waals surface area contributed by atoms with Crippen molar-refractivity contribution in [3.8, 4) is 0 Å². The second-order valence-corrected chi connectivity index (χ2v) is 8.13. The fraction of sp³-hybridized carbons (Fsp3) is 0.619. The zero-order valence-corrected chi connectivity index (χ0v) is 16.8. The van der Waals surface area contributed by atoms with Crippen molar-refractivity contribution in [3.63, 3.8) is 0 Å². The Morgan fingerprint density at radius 3 is 2.08 bits per heavy atom. The first-order valence-corrected chi connectivity index (χ1v) is 9.25. The van der Waals surface area contributed by atoms with E-state index in [1.807, 2.05) is 39.8 Å². The number of carbonyl (C=O) groups is 2. The molecule has 5 heteroatoms. The van der Waals surface area contributed by atoms with Gasteiger partial charge in [-0.3, -0.25) is 4.79 Å². The van der Waals surface area contributed by atoms with Crippen LogP contribution in [0.25, 0.3) is 0 Å².